The Morgan fingerprint density at radius 2 is 1.90 bits per heavy atom. The molecule has 1 aliphatic heterocycles. The number of aliphatic carboxylic acids is 1. The summed E-state index contributed by atoms with van der Waals surface area (Å²) < 4.78 is 4.47. The third-order valence-corrected chi connectivity index (χ3v) is 5.76. The second-order valence-corrected chi connectivity index (χ2v) is 7.95. The van der Waals surface area contributed by atoms with Crippen molar-refractivity contribution >= 4 is 45.9 Å². The van der Waals surface area contributed by atoms with Crippen LogP contribution >= 0.6 is 23.2 Å². The minimum absolute atomic E-state index is 0.0938. The van der Waals surface area contributed by atoms with Crippen molar-refractivity contribution in [3.63, 3.8) is 0 Å². The molecule has 1 aliphatic rings. The first kappa shape index (κ1) is 23.1. The average molecular weight is 463 g/mol. The van der Waals surface area contributed by atoms with Crippen LogP contribution in [0.1, 0.15) is 19.3 Å². The van der Waals surface area contributed by atoms with Crippen molar-refractivity contribution in [1.29, 1.82) is 0 Å². The SMILES string of the molecule is COCCC(=O)O.Oc1cccc(-c2cc(N3CCCC3)nc3c(Cl)c(Cl)ccc23)c1. The van der Waals surface area contributed by atoms with Gasteiger partial charge in [-0.2, -0.15) is 0 Å². The van der Waals surface area contributed by atoms with Crippen molar-refractivity contribution in [2.24, 2.45) is 0 Å². The van der Waals surface area contributed by atoms with E-state index in [1.807, 2.05) is 18.2 Å². The molecule has 0 radical (unpaired) electrons. The summed E-state index contributed by atoms with van der Waals surface area (Å²) in [6, 6.07) is 13.0. The van der Waals surface area contributed by atoms with Gasteiger partial charge in [-0.05, 0) is 48.2 Å². The molecule has 2 heterocycles. The Balaban J connectivity index is 0.000000339. The summed E-state index contributed by atoms with van der Waals surface area (Å²) in [6.07, 6.45) is 2.44. The molecular weight excluding hydrogens is 439 g/mol. The van der Waals surface area contributed by atoms with E-state index in [1.165, 1.54) is 20.0 Å². The lowest BCUT2D eigenvalue weighted by atomic mass is 10.0. The lowest BCUT2D eigenvalue weighted by Gasteiger charge is -2.19. The van der Waals surface area contributed by atoms with Gasteiger partial charge in [0.2, 0.25) is 0 Å². The molecule has 1 fully saturated rings. The van der Waals surface area contributed by atoms with Gasteiger partial charge in [-0.25, -0.2) is 4.98 Å². The van der Waals surface area contributed by atoms with Gasteiger partial charge in [-0.15, -0.1) is 0 Å². The first-order chi connectivity index (χ1) is 14.9. The van der Waals surface area contributed by atoms with E-state index in [2.05, 4.69) is 15.7 Å². The highest BCUT2D eigenvalue weighted by atomic mass is 35.5. The minimum Gasteiger partial charge on any atom is -0.508 e. The molecule has 2 aromatic carbocycles. The molecule has 2 N–H and O–H groups in total. The first-order valence-electron chi connectivity index (χ1n) is 9.94. The topological polar surface area (TPSA) is 82.9 Å². The molecule has 0 atom stereocenters. The summed E-state index contributed by atoms with van der Waals surface area (Å²) in [6.45, 7) is 2.29. The number of pyridine rings is 1. The van der Waals surface area contributed by atoms with Gasteiger partial charge in [0, 0.05) is 25.6 Å². The van der Waals surface area contributed by atoms with Crippen LogP contribution in [-0.2, 0) is 9.53 Å². The second-order valence-electron chi connectivity index (χ2n) is 7.17. The number of rotatable bonds is 5. The molecule has 1 aromatic heterocycles. The van der Waals surface area contributed by atoms with Gasteiger partial charge in [-0.1, -0.05) is 41.4 Å². The van der Waals surface area contributed by atoms with Crippen LogP contribution in [0.15, 0.2) is 42.5 Å². The van der Waals surface area contributed by atoms with Gasteiger partial charge in [-0.3, -0.25) is 4.79 Å². The number of anilines is 1. The summed E-state index contributed by atoms with van der Waals surface area (Å²) >= 11 is 12.6. The number of phenols is 1. The van der Waals surface area contributed by atoms with Crippen molar-refractivity contribution in [3.05, 3.63) is 52.5 Å². The van der Waals surface area contributed by atoms with E-state index in [0.717, 1.165) is 35.4 Å². The van der Waals surface area contributed by atoms with Crippen molar-refractivity contribution in [2.75, 3.05) is 31.7 Å². The molecule has 1 saturated heterocycles. The normalized spacial score (nSPS) is 13.2. The smallest absolute Gasteiger partial charge is 0.305 e. The van der Waals surface area contributed by atoms with Crippen molar-refractivity contribution in [2.45, 2.75) is 19.3 Å². The Morgan fingerprint density at radius 1 is 1.16 bits per heavy atom. The Morgan fingerprint density at radius 3 is 2.52 bits per heavy atom. The molecule has 0 bridgehead atoms. The van der Waals surface area contributed by atoms with Gasteiger partial charge < -0.3 is 19.8 Å². The number of phenolic OH excluding ortho intramolecular Hbond substituents is 1. The molecule has 0 amide bonds. The highest BCUT2D eigenvalue weighted by Crippen LogP contribution is 2.38. The molecule has 0 spiro atoms. The maximum absolute atomic E-state index is 9.85. The van der Waals surface area contributed by atoms with Crippen LogP contribution in [0.3, 0.4) is 0 Å². The Bertz CT molecular complexity index is 1070. The van der Waals surface area contributed by atoms with Crippen LogP contribution in [0.2, 0.25) is 10.0 Å². The molecule has 0 saturated carbocycles. The van der Waals surface area contributed by atoms with Crippen LogP contribution < -0.4 is 4.90 Å². The predicted octanol–water partition coefficient (Wildman–Crippen LogP) is 5.62. The van der Waals surface area contributed by atoms with Gasteiger partial charge >= 0.3 is 5.97 Å². The number of methoxy groups -OCH3 is 1. The fraction of sp³-hybridized carbons (Fsp3) is 0.304. The maximum atomic E-state index is 9.85. The molecule has 4 rings (SSSR count). The van der Waals surface area contributed by atoms with Gasteiger partial charge in [0.15, 0.2) is 0 Å². The average Bonchev–Trinajstić information content (AvgIpc) is 3.30. The third-order valence-electron chi connectivity index (χ3n) is 4.97. The fourth-order valence-corrected chi connectivity index (χ4v) is 3.79. The molecule has 31 heavy (non-hydrogen) atoms. The van der Waals surface area contributed by atoms with Crippen molar-refractivity contribution in [1.82, 2.24) is 4.98 Å². The molecule has 164 valence electrons. The molecule has 0 unspecified atom stereocenters. The number of fused-ring (bicyclic) bond motifs is 1. The van der Waals surface area contributed by atoms with Crippen molar-refractivity contribution < 1.29 is 19.7 Å². The summed E-state index contributed by atoms with van der Waals surface area (Å²) in [7, 11) is 1.48. The molecule has 6 nitrogen and oxygen atoms in total. The number of halogens is 2. The Hall–Kier alpha value is -2.54. The molecule has 0 aliphatic carbocycles. The van der Waals surface area contributed by atoms with E-state index >= 15 is 0 Å². The summed E-state index contributed by atoms with van der Waals surface area (Å²) in [5.41, 5.74) is 2.63. The van der Waals surface area contributed by atoms with Crippen LogP contribution in [0, 0.1) is 0 Å². The fourth-order valence-electron chi connectivity index (χ4n) is 3.43. The number of hydrogen-bond acceptors (Lipinski definition) is 5. The monoisotopic (exact) mass is 462 g/mol. The van der Waals surface area contributed by atoms with Crippen LogP contribution in [0.25, 0.3) is 22.0 Å². The van der Waals surface area contributed by atoms with E-state index in [1.54, 1.807) is 18.2 Å². The number of hydrogen-bond donors (Lipinski definition) is 2. The molecule has 8 heteroatoms. The molecule has 3 aromatic rings. The van der Waals surface area contributed by atoms with Gasteiger partial charge in [0.05, 0.1) is 28.6 Å². The highest BCUT2D eigenvalue weighted by Gasteiger charge is 2.18. The van der Waals surface area contributed by atoms with Crippen molar-refractivity contribution in [3.8, 4) is 16.9 Å². The van der Waals surface area contributed by atoms with E-state index in [4.69, 9.17) is 33.3 Å². The predicted molar refractivity (Wildman–Crippen MR) is 124 cm³/mol. The standard InChI is InChI=1S/C19H16Cl2N2O.C4H8O3/c20-16-7-6-14-15(12-4-3-5-13(24)10-12)11-17(22-19(14)18(16)21)23-8-1-2-9-23;1-7-3-2-4(5)6/h3-7,10-11,24H,1-2,8-9H2;2-3H2,1H3,(H,5,6). The number of aromatic nitrogens is 1. The number of ether oxygens (including phenoxy) is 1. The Labute approximate surface area is 191 Å². The largest absolute Gasteiger partial charge is 0.508 e. The van der Waals surface area contributed by atoms with E-state index in [-0.39, 0.29) is 12.2 Å². The zero-order valence-electron chi connectivity index (χ0n) is 17.1. The second kappa shape index (κ2) is 10.7. The molecular formula is C23H24Cl2N2O4. The number of carboxylic acid groups (broad SMARTS) is 1. The summed E-state index contributed by atoms with van der Waals surface area (Å²) in [4.78, 5) is 16.7. The third kappa shape index (κ3) is 5.79. The van der Waals surface area contributed by atoms with Gasteiger partial charge in [0.1, 0.15) is 11.6 Å². The zero-order chi connectivity index (χ0) is 22.4. The zero-order valence-corrected chi connectivity index (χ0v) is 18.7. The lowest BCUT2D eigenvalue weighted by Crippen LogP contribution is -2.19. The Kier molecular flexibility index (Phi) is 7.96. The van der Waals surface area contributed by atoms with Crippen LogP contribution in [0.4, 0.5) is 5.82 Å². The summed E-state index contributed by atoms with van der Waals surface area (Å²) in [5.74, 6) is 0.324. The van der Waals surface area contributed by atoms with E-state index < -0.39 is 5.97 Å². The first-order valence-corrected chi connectivity index (χ1v) is 10.7. The number of aromatic hydroxyl groups is 1. The van der Waals surface area contributed by atoms with E-state index in [0.29, 0.717) is 22.2 Å². The van der Waals surface area contributed by atoms with Gasteiger partial charge in [0.25, 0.3) is 0 Å². The maximum Gasteiger partial charge on any atom is 0.305 e. The van der Waals surface area contributed by atoms with Crippen LogP contribution in [-0.4, -0.2) is 48.0 Å². The van der Waals surface area contributed by atoms with E-state index in [9.17, 15) is 9.90 Å². The number of carboxylic acids is 1. The number of benzene rings is 2. The summed E-state index contributed by atoms with van der Waals surface area (Å²) in [5, 5.41) is 19.7. The number of carbonyl (C=O) groups is 1. The quantitative estimate of drug-likeness (QED) is 0.511. The minimum atomic E-state index is -0.818. The number of nitrogens with zero attached hydrogens (tertiary/aromatic N) is 2. The highest BCUT2D eigenvalue weighted by molar-refractivity contribution is 6.45. The van der Waals surface area contributed by atoms with Crippen LogP contribution in [0.5, 0.6) is 5.75 Å². The lowest BCUT2D eigenvalue weighted by molar-refractivity contribution is -0.137.